The number of methoxy groups -OCH3 is 1. The standard InChI is InChI=1S/C12H19NO2/c1-9-7-10(2)12(11(13)8-9)15-6-4-5-14-3/h7-8H,4-6,13H2,1-3H3. The fourth-order valence-corrected chi connectivity index (χ4v) is 1.56. The lowest BCUT2D eigenvalue weighted by Gasteiger charge is -2.12. The second kappa shape index (κ2) is 5.61. The number of nitrogens with two attached hydrogens (primary N) is 1. The van der Waals surface area contributed by atoms with E-state index in [1.807, 2.05) is 19.9 Å². The van der Waals surface area contributed by atoms with E-state index in [0.29, 0.717) is 18.9 Å². The van der Waals surface area contributed by atoms with Crippen molar-refractivity contribution in [1.29, 1.82) is 0 Å². The summed E-state index contributed by atoms with van der Waals surface area (Å²) >= 11 is 0. The van der Waals surface area contributed by atoms with Crippen LogP contribution in [0.1, 0.15) is 17.5 Å². The number of hydrogen-bond acceptors (Lipinski definition) is 3. The van der Waals surface area contributed by atoms with Gasteiger partial charge in [0.05, 0.1) is 12.3 Å². The van der Waals surface area contributed by atoms with Crippen LogP contribution in [0.25, 0.3) is 0 Å². The van der Waals surface area contributed by atoms with Gasteiger partial charge < -0.3 is 15.2 Å². The molecule has 0 heterocycles. The fourth-order valence-electron chi connectivity index (χ4n) is 1.56. The van der Waals surface area contributed by atoms with Gasteiger partial charge >= 0.3 is 0 Å². The first kappa shape index (κ1) is 11.9. The highest BCUT2D eigenvalue weighted by Gasteiger charge is 2.05. The van der Waals surface area contributed by atoms with E-state index in [2.05, 4.69) is 6.07 Å². The van der Waals surface area contributed by atoms with E-state index in [4.69, 9.17) is 15.2 Å². The number of benzene rings is 1. The SMILES string of the molecule is COCCCOc1c(C)cc(C)cc1N. The van der Waals surface area contributed by atoms with E-state index in [1.165, 1.54) is 0 Å². The van der Waals surface area contributed by atoms with Crippen molar-refractivity contribution in [3.05, 3.63) is 23.3 Å². The number of nitrogen functional groups attached to an aromatic ring is 1. The number of ether oxygens (including phenoxy) is 2. The van der Waals surface area contributed by atoms with E-state index in [0.717, 1.165) is 23.3 Å². The monoisotopic (exact) mass is 209 g/mol. The Morgan fingerprint density at radius 2 is 1.93 bits per heavy atom. The molecule has 0 saturated carbocycles. The van der Waals surface area contributed by atoms with Gasteiger partial charge in [-0.1, -0.05) is 6.07 Å². The largest absolute Gasteiger partial charge is 0.491 e. The van der Waals surface area contributed by atoms with Gasteiger partial charge in [0.25, 0.3) is 0 Å². The maximum Gasteiger partial charge on any atom is 0.145 e. The van der Waals surface area contributed by atoms with Crippen LogP contribution in [0, 0.1) is 13.8 Å². The van der Waals surface area contributed by atoms with Crippen molar-refractivity contribution in [3.8, 4) is 5.75 Å². The number of aryl methyl sites for hydroxylation is 2. The van der Waals surface area contributed by atoms with E-state index in [-0.39, 0.29) is 0 Å². The minimum absolute atomic E-state index is 0.641. The average molecular weight is 209 g/mol. The van der Waals surface area contributed by atoms with Crippen LogP contribution in [0.3, 0.4) is 0 Å². The molecule has 1 aromatic carbocycles. The number of hydrogen-bond donors (Lipinski definition) is 1. The van der Waals surface area contributed by atoms with Gasteiger partial charge in [-0.3, -0.25) is 0 Å². The Morgan fingerprint density at radius 3 is 2.53 bits per heavy atom. The molecule has 0 saturated heterocycles. The maximum atomic E-state index is 5.88. The van der Waals surface area contributed by atoms with Crippen molar-refractivity contribution in [2.75, 3.05) is 26.1 Å². The van der Waals surface area contributed by atoms with Gasteiger partial charge in [0.15, 0.2) is 0 Å². The fraction of sp³-hybridized carbons (Fsp3) is 0.500. The Bertz CT molecular complexity index is 300. The van der Waals surface area contributed by atoms with Crippen molar-refractivity contribution < 1.29 is 9.47 Å². The third-order valence-electron chi connectivity index (χ3n) is 2.19. The molecule has 0 fully saturated rings. The first-order chi connectivity index (χ1) is 7.15. The topological polar surface area (TPSA) is 44.5 Å². The number of anilines is 1. The molecule has 0 bridgehead atoms. The summed E-state index contributed by atoms with van der Waals surface area (Å²) in [6.45, 7) is 5.39. The minimum atomic E-state index is 0.641. The highest BCUT2D eigenvalue weighted by molar-refractivity contribution is 5.58. The number of rotatable bonds is 5. The van der Waals surface area contributed by atoms with Gasteiger partial charge in [-0.05, 0) is 31.0 Å². The molecule has 0 radical (unpaired) electrons. The molecule has 15 heavy (non-hydrogen) atoms. The Labute approximate surface area is 91.2 Å². The molecule has 0 aromatic heterocycles. The summed E-state index contributed by atoms with van der Waals surface area (Å²) in [5, 5.41) is 0. The van der Waals surface area contributed by atoms with Crippen molar-refractivity contribution in [1.82, 2.24) is 0 Å². The Morgan fingerprint density at radius 1 is 1.20 bits per heavy atom. The molecule has 0 aliphatic carbocycles. The van der Waals surface area contributed by atoms with Gasteiger partial charge in [0.1, 0.15) is 5.75 Å². The molecular formula is C12H19NO2. The van der Waals surface area contributed by atoms with Crippen molar-refractivity contribution in [2.24, 2.45) is 0 Å². The van der Waals surface area contributed by atoms with Gasteiger partial charge in [-0.2, -0.15) is 0 Å². The molecule has 2 N–H and O–H groups in total. The van der Waals surface area contributed by atoms with E-state index in [1.54, 1.807) is 7.11 Å². The van der Waals surface area contributed by atoms with Crippen LogP contribution in [0.15, 0.2) is 12.1 Å². The van der Waals surface area contributed by atoms with Crippen LogP contribution < -0.4 is 10.5 Å². The zero-order valence-electron chi connectivity index (χ0n) is 9.67. The first-order valence-corrected chi connectivity index (χ1v) is 5.13. The Balaban J connectivity index is 2.60. The second-order valence-corrected chi connectivity index (χ2v) is 3.69. The average Bonchev–Trinajstić information content (AvgIpc) is 2.15. The molecule has 1 aromatic rings. The molecule has 0 amide bonds. The molecule has 3 heteroatoms. The quantitative estimate of drug-likeness (QED) is 0.598. The normalized spacial score (nSPS) is 10.3. The van der Waals surface area contributed by atoms with Crippen LogP contribution >= 0.6 is 0 Å². The van der Waals surface area contributed by atoms with E-state index >= 15 is 0 Å². The van der Waals surface area contributed by atoms with Crippen LogP contribution in [-0.2, 0) is 4.74 Å². The lowest BCUT2D eigenvalue weighted by molar-refractivity contribution is 0.172. The summed E-state index contributed by atoms with van der Waals surface area (Å²) in [6, 6.07) is 4.00. The smallest absolute Gasteiger partial charge is 0.145 e. The van der Waals surface area contributed by atoms with Crippen LogP contribution in [0.5, 0.6) is 5.75 Å². The molecule has 3 nitrogen and oxygen atoms in total. The molecular weight excluding hydrogens is 190 g/mol. The zero-order chi connectivity index (χ0) is 11.3. The molecule has 1 rings (SSSR count). The second-order valence-electron chi connectivity index (χ2n) is 3.69. The Hall–Kier alpha value is -1.22. The summed E-state index contributed by atoms with van der Waals surface area (Å²) in [5.41, 5.74) is 8.84. The van der Waals surface area contributed by atoms with Crippen molar-refractivity contribution >= 4 is 5.69 Å². The summed E-state index contributed by atoms with van der Waals surface area (Å²) in [5.74, 6) is 0.803. The minimum Gasteiger partial charge on any atom is -0.491 e. The molecule has 0 unspecified atom stereocenters. The summed E-state index contributed by atoms with van der Waals surface area (Å²) in [6.07, 6.45) is 0.878. The van der Waals surface area contributed by atoms with E-state index < -0.39 is 0 Å². The lowest BCUT2D eigenvalue weighted by Crippen LogP contribution is -2.04. The third kappa shape index (κ3) is 3.44. The molecule has 0 aliphatic rings. The van der Waals surface area contributed by atoms with Crippen LogP contribution in [0.2, 0.25) is 0 Å². The van der Waals surface area contributed by atoms with E-state index in [9.17, 15) is 0 Å². The predicted octanol–water partition coefficient (Wildman–Crippen LogP) is 2.30. The van der Waals surface area contributed by atoms with Crippen molar-refractivity contribution in [2.45, 2.75) is 20.3 Å². The van der Waals surface area contributed by atoms with Crippen LogP contribution in [0.4, 0.5) is 5.69 Å². The third-order valence-corrected chi connectivity index (χ3v) is 2.19. The van der Waals surface area contributed by atoms with Gasteiger partial charge in [0.2, 0.25) is 0 Å². The molecule has 0 spiro atoms. The summed E-state index contributed by atoms with van der Waals surface area (Å²) < 4.78 is 10.6. The maximum absolute atomic E-state index is 5.88. The summed E-state index contributed by atoms with van der Waals surface area (Å²) in [4.78, 5) is 0. The van der Waals surface area contributed by atoms with Crippen LogP contribution in [-0.4, -0.2) is 20.3 Å². The zero-order valence-corrected chi connectivity index (χ0v) is 9.67. The Kier molecular flexibility index (Phi) is 4.43. The molecule has 0 atom stereocenters. The van der Waals surface area contributed by atoms with Gasteiger partial charge in [0, 0.05) is 20.1 Å². The molecule has 0 aliphatic heterocycles. The summed E-state index contributed by atoms with van der Waals surface area (Å²) in [7, 11) is 1.69. The highest BCUT2D eigenvalue weighted by atomic mass is 16.5. The van der Waals surface area contributed by atoms with Crippen molar-refractivity contribution in [3.63, 3.8) is 0 Å². The molecule has 84 valence electrons. The highest BCUT2D eigenvalue weighted by Crippen LogP contribution is 2.27. The van der Waals surface area contributed by atoms with Gasteiger partial charge in [-0.15, -0.1) is 0 Å². The lowest BCUT2D eigenvalue weighted by atomic mass is 10.1. The van der Waals surface area contributed by atoms with Gasteiger partial charge in [-0.25, -0.2) is 0 Å². The first-order valence-electron chi connectivity index (χ1n) is 5.13. The predicted molar refractivity (Wildman–Crippen MR) is 62.3 cm³/mol.